The van der Waals surface area contributed by atoms with Crippen molar-refractivity contribution in [2.24, 2.45) is 0 Å². The summed E-state index contributed by atoms with van der Waals surface area (Å²) < 4.78 is 8.74. The highest BCUT2D eigenvalue weighted by Crippen LogP contribution is 2.00. The van der Waals surface area contributed by atoms with E-state index >= 15 is 0 Å². The van der Waals surface area contributed by atoms with Gasteiger partial charge in [-0.3, -0.25) is 9.36 Å². The van der Waals surface area contributed by atoms with Crippen molar-refractivity contribution in [3.05, 3.63) is 0 Å². The lowest BCUT2D eigenvalue weighted by molar-refractivity contribution is -0.119. The monoisotopic (exact) mass is 228 g/mol. The van der Waals surface area contributed by atoms with Gasteiger partial charge in [0.05, 0.1) is 0 Å². The third-order valence-corrected chi connectivity index (χ3v) is 1.31. The van der Waals surface area contributed by atoms with E-state index in [1.165, 1.54) is 0 Å². The Morgan fingerprint density at radius 3 is 2.07 bits per heavy atom. The molecule has 0 aromatic rings. The van der Waals surface area contributed by atoms with E-state index < -0.39 is 14.5 Å². The van der Waals surface area contributed by atoms with Crippen LogP contribution in [0.15, 0.2) is 0 Å². The largest absolute Gasteiger partial charge is 0.368 e. The molecule has 0 saturated carbocycles. The fourth-order valence-corrected chi connectivity index (χ4v) is 0.659. The lowest BCUT2D eigenvalue weighted by atomic mass is 10.1. The van der Waals surface area contributed by atoms with Crippen molar-refractivity contribution in [2.75, 3.05) is 0 Å². The molecule has 7 heteroatoms. The summed E-state index contributed by atoms with van der Waals surface area (Å²) in [6.07, 6.45) is 0.621. The maximum atomic E-state index is 10.6. The number of aliphatic hydroxyl groups is 2. The molecule has 0 bridgehead atoms. The Labute approximate surface area is 83.2 Å². The number of rotatable bonds is 5. The lowest BCUT2D eigenvalue weighted by Gasteiger charge is -2.00. The topological polar surface area (TPSA) is 115 Å². The van der Waals surface area contributed by atoms with Gasteiger partial charge in [-0.1, -0.05) is 6.92 Å². The number of aliphatic hydroxyl groups excluding tert-OH is 1. The lowest BCUT2D eigenvalue weighted by Crippen LogP contribution is -2.05. The average molecular weight is 228 g/mol. The van der Waals surface area contributed by atoms with Gasteiger partial charge in [-0.2, -0.15) is 0 Å². The molecular formula is C7H17O6P. The van der Waals surface area contributed by atoms with Crippen molar-refractivity contribution in [3.63, 3.8) is 0 Å². The summed E-state index contributed by atoms with van der Waals surface area (Å²) in [5.41, 5.74) is 0. The Morgan fingerprint density at radius 1 is 1.36 bits per heavy atom. The molecule has 14 heavy (non-hydrogen) atoms. The van der Waals surface area contributed by atoms with Gasteiger partial charge in [0.15, 0.2) is 6.29 Å². The first-order valence-corrected chi connectivity index (χ1v) is 5.50. The van der Waals surface area contributed by atoms with Crippen LogP contribution in [0.3, 0.4) is 0 Å². The molecule has 0 rings (SSSR count). The van der Waals surface area contributed by atoms with Crippen molar-refractivity contribution in [2.45, 2.75) is 38.9 Å². The zero-order valence-corrected chi connectivity index (χ0v) is 9.01. The quantitative estimate of drug-likeness (QED) is 0.383. The van der Waals surface area contributed by atoms with Gasteiger partial charge in [-0.25, -0.2) is 0 Å². The second kappa shape index (κ2) is 10.8. The van der Waals surface area contributed by atoms with Crippen LogP contribution in [-0.4, -0.2) is 32.1 Å². The number of hydrogen-bond donors (Lipinski definition) is 4. The van der Waals surface area contributed by atoms with E-state index in [-0.39, 0.29) is 5.78 Å². The Balaban J connectivity index is 0. The highest BCUT2D eigenvalue weighted by molar-refractivity contribution is 7.30. The Morgan fingerprint density at radius 2 is 1.79 bits per heavy atom. The van der Waals surface area contributed by atoms with Crippen LogP contribution in [0.25, 0.3) is 0 Å². The van der Waals surface area contributed by atoms with Crippen LogP contribution in [0.1, 0.15) is 32.6 Å². The van der Waals surface area contributed by atoms with Crippen LogP contribution in [0.4, 0.5) is 0 Å². The fourth-order valence-electron chi connectivity index (χ4n) is 0.659. The smallest absolute Gasteiger partial charge is 0.314 e. The zero-order valence-electron chi connectivity index (χ0n) is 8.01. The van der Waals surface area contributed by atoms with E-state index in [1.54, 1.807) is 6.92 Å². The van der Waals surface area contributed by atoms with E-state index in [0.29, 0.717) is 25.7 Å². The van der Waals surface area contributed by atoms with Crippen LogP contribution in [0.2, 0.25) is 0 Å². The van der Waals surface area contributed by atoms with Crippen molar-refractivity contribution >= 4 is 14.0 Å². The minimum atomic E-state index is -3.13. The van der Waals surface area contributed by atoms with E-state index in [2.05, 4.69) is 0 Å². The molecule has 0 spiro atoms. The molecule has 0 unspecified atom stereocenters. The molecule has 0 heterocycles. The number of carbonyl (C=O) groups excluding carboxylic acids is 1. The number of ketones is 1. The summed E-state index contributed by atoms with van der Waals surface area (Å²) >= 11 is 0. The zero-order chi connectivity index (χ0) is 11.6. The van der Waals surface area contributed by atoms with Gasteiger partial charge in [0.1, 0.15) is 5.78 Å². The van der Waals surface area contributed by atoms with E-state index in [9.17, 15) is 4.79 Å². The number of hydrogen-bond acceptors (Lipinski definition) is 4. The van der Waals surface area contributed by atoms with Crippen LogP contribution in [-0.2, 0) is 9.36 Å². The summed E-state index contributed by atoms with van der Waals surface area (Å²) in [4.78, 5) is 24.9. The van der Waals surface area contributed by atoms with Crippen molar-refractivity contribution in [3.8, 4) is 0 Å². The molecule has 0 radical (unpaired) electrons. The van der Waals surface area contributed by atoms with E-state index in [0.717, 1.165) is 0 Å². The van der Waals surface area contributed by atoms with Crippen LogP contribution >= 0.6 is 8.25 Å². The third kappa shape index (κ3) is 22.6. The minimum Gasteiger partial charge on any atom is -0.368 e. The summed E-state index contributed by atoms with van der Waals surface area (Å²) in [7, 11) is -3.13. The summed E-state index contributed by atoms with van der Waals surface area (Å²) in [6, 6.07) is 0. The molecule has 86 valence electrons. The average Bonchev–Trinajstić information content (AvgIpc) is 2.02. The summed E-state index contributed by atoms with van der Waals surface area (Å²) in [6.45, 7) is 1.80. The molecule has 0 amide bonds. The molecule has 0 aromatic heterocycles. The van der Waals surface area contributed by atoms with E-state index in [1.807, 2.05) is 0 Å². The van der Waals surface area contributed by atoms with Gasteiger partial charge in [0, 0.05) is 12.8 Å². The minimum absolute atomic E-state index is 0.181. The maximum absolute atomic E-state index is 10.6. The van der Waals surface area contributed by atoms with Gasteiger partial charge in [0.25, 0.3) is 0 Å². The number of Topliss-reactive ketones (excluding diaryl/α,β-unsaturated/α-hetero) is 1. The molecule has 0 fully saturated rings. The Bertz CT molecular complexity index is 166. The molecule has 0 aliphatic heterocycles. The second-order valence-electron chi connectivity index (χ2n) is 2.55. The SMILES string of the molecule is CCC(=O)CCCC(O)O.O=[PH](O)O. The first kappa shape index (κ1) is 16.2. The van der Waals surface area contributed by atoms with Gasteiger partial charge in [-0.05, 0) is 12.8 Å². The fraction of sp³-hybridized carbons (Fsp3) is 0.857. The van der Waals surface area contributed by atoms with Crippen LogP contribution in [0, 0.1) is 0 Å². The standard InChI is InChI=1S/C7H14O3.H3O3P/c1-2-6(8)4-3-5-7(9)10;1-4(2)3/h7,9-10H,2-5H2,1H3;4H,(H2,1,2,3). The maximum Gasteiger partial charge on any atom is 0.314 e. The van der Waals surface area contributed by atoms with Gasteiger partial charge in [-0.15, -0.1) is 0 Å². The molecule has 0 aliphatic rings. The molecular weight excluding hydrogens is 211 g/mol. The predicted molar refractivity (Wildman–Crippen MR) is 50.8 cm³/mol. The van der Waals surface area contributed by atoms with Crippen molar-refractivity contribution < 1.29 is 29.4 Å². The second-order valence-corrected chi connectivity index (χ2v) is 3.11. The molecule has 0 saturated heterocycles. The summed E-state index contributed by atoms with van der Waals surface area (Å²) in [5, 5.41) is 16.8. The van der Waals surface area contributed by atoms with Crippen LogP contribution < -0.4 is 0 Å². The first-order valence-electron chi connectivity index (χ1n) is 4.19. The predicted octanol–water partition coefficient (Wildman–Crippen LogP) is -0.193. The molecule has 0 atom stereocenters. The van der Waals surface area contributed by atoms with Gasteiger partial charge >= 0.3 is 8.25 Å². The molecule has 4 N–H and O–H groups in total. The van der Waals surface area contributed by atoms with Crippen LogP contribution in [0.5, 0.6) is 0 Å². The normalized spacial score (nSPS) is 9.93. The highest BCUT2D eigenvalue weighted by atomic mass is 31.1. The Hall–Kier alpha value is -0.260. The van der Waals surface area contributed by atoms with E-state index in [4.69, 9.17) is 24.6 Å². The molecule has 0 aromatic carbocycles. The number of carbonyl (C=O) groups is 1. The molecule has 6 nitrogen and oxygen atoms in total. The highest BCUT2D eigenvalue weighted by Gasteiger charge is 2.00. The molecule has 0 aliphatic carbocycles. The van der Waals surface area contributed by atoms with Crippen molar-refractivity contribution in [1.29, 1.82) is 0 Å². The Kier molecular flexibility index (Phi) is 12.5. The van der Waals surface area contributed by atoms with Gasteiger partial charge in [0.2, 0.25) is 0 Å². The summed E-state index contributed by atoms with van der Waals surface area (Å²) in [5.74, 6) is 0.181. The first-order chi connectivity index (χ1) is 6.40. The van der Waals surface area contributed by atoms with Gasteiger partial charge < -0.3 is 20.0 Å². The van der Waals surface area contributed by atoms with Crippen molar-refractivity contribution in [1.82, 2.24) is 0 Å². The third-order valence-electron chi connectivity index (χ3n) is 1.31.